The van der Waals surface area contributed by atoms with Crippen molar-refractivity contribution in [3.05, 3.63) is 47.6 Å². The molecule has 140 valence electrons. The van der Waals surface area contributed by atoms with E-state index in [2.05, 4.69) is 20.6 Å². The van der Waals surface area contributed by atoms with E-state index in [-0.39, 0.29) is 0 Å². The van der Waals surface area contributed by atoms with Crippen LogP contribution in [0.25, 0.3) is 11.5 Å². The van der Waals surface area contributed by atoms with Crippen molar-refractivity contribution < 1.29 is 18.7 Å². The Hall–Kier alpha value is -3.49. The molecule has 0 fully saturated rings. The molecule has 0 bridgehead atoms. The summed E-state index contributed by atoms with van der Waals surface area (Å²) in [5.41, 5.74) is 3.12. The molecule has 0 saturated carbocycles. The number of aromatic nitrogens is 4. The minimum absolute atomic E-state index is 0.312. The van der Waals surface area contributed by atoms with Gasteiger partial charge in [0.05, 0.1) is 22.6 Å². The number of benzene rings is 1. The molecule has 0 aliphatic heterocycles. The number of nitrogens with zero attached hydrogens (tertiary/aromatic N) is 4. The summed E-state index contributed by atoms with van der Waals surface area (Å²) in [6.45, 7) is 5.16. The molecule has 3 aromatic rings. The number of carbonyl (C=O) groups is 2. The second-order valence-corrected chi connectivity index (χ2v) is 6.03. The molecule has 27 heavy (non-hydrogen) atoms. The Bertz CT molecular complexity index is 961. The maximum atomic E-state index is 12.3. The van der Waals surface area contributed by atoms with Crippen LogP contribution in [0.1, 0.15) is 28.7 Å². The van der Waals surface area contributed by atoms with Crippen LogP contribution in [-0.4, -0.2) is 38.0 Å². The molecule has 2 heterocycles. The Morgan fingerprint density at radius 1 is 1.22 bits per heavy atom. The van der Waals surface area contributed by atoms with Crippen LogP contribution in [0.4, 0.5) is 5.69 Å². The van der Waals surface area contributed by atoms with E-state index in [9.17, 15) is 9.59 Å². The predicted molar refractivity (Wildman–Crippen MR) is 95.9 cm³/mol. The van der Waals surface area contributed by atoms with Gasteiger partial charge in [-0.1, -0.05) is 0 Å². The third-order valence-electron chi connectivity index (χ3n) is 4.14. The number of nitrogens with one attached hydrogen (secondary N) is 1. The molecule has 0 radical (unpaired) electrons. The molecular formula is C18H19N5O4. The van der Waals surface area contributed by atoms with Gasteiger partial charge in [0, 0.05) is 12.6 Å². The molecule has 0 aliphatic carbocycles. The summed E-state index contributed by atoms with van der Waals surface area (Å²) in [6.07, 6.45) is 0.260. The zero-order chi connectivity index (χ0) is 19.6. The molecule has 0 aliphatic rings. The largest absolute Gasteiger partial charge is 0.449 e. The lowest BCUT2D eigenvalue weighted by atomic mass is 10.1. The summed E-state index contributed by atoms with van der Waals surface area (Å²) in [7, 11) is 1.79. The highest BCUT2D eigenvalue weighted by atomic mass is 16.5. The second-order valence-electron chi connectivity index (χ2n) is 6.03. The summed E-state index contributed by atoms with van der Waals surface area (Å²) >= 11 is 0. The van der Waals surface area contributed by atoms with Gasteiger partial charge in [0.25, 0.3) is 5.91 Å². The van der Waals surface area contributed by atoms with Crippen LogP contribution in [0.15, 0.2) is 35.1 Å². The molecular weight excluding hydrogens is 350 g/mol. The van der Waals surface area contributed by atoms with Gasteiger partial charge < -0.3 is 14.5 Å². The van der Waals surface area contributed by atoms with Gasteiger partial charge in [-0.25, -0.2) is 4.79 Å². The normalized spacial score (nSPS) is 11.9. The SMILES string of the molecule is Cc1nn(C)c(C)c1NC(=O)[C@H](C)OC(=O)c1ccc(-c2nnco2)cc1. The highest BCUT2D eigenvalue weighted by Crippen LogP contribution is 2.20. The first kappa shape index (κ1) is 18.3. The molecule has 1 N–H and O–H groups in total. The van der Waals surface area contributed by atoms with Crippen molar-refractivity contribution in [3.63, 3.8) is 0 Å². The van der Waals surface area contributed by atoms with Gasteiger partial charge >= 0.3 is 5.97 Å². The lowest BCUT2D eigenvalue weighted by Gasteiger charge is -2.14. The van der Waals surface area contributed by atoms with Crippen LogP contribution in [0, 0.1) is 13.8 Å². The predicted octanol–water partition coefficient (Wildman–Crippen LogP) is 2.27. The summed E-state index contributed by atoms with van der Waals surface area (Å²) in [4.78, 5) is 24.6. The van der Waals surface area contributed by atoms with Crippen molar-refractivity contribution in [2.24, 2.45) is 7.05 Å². The van der Waals surface area contributed by atoms with Crippen molar-refractivity contribution >= 4 is 17.6 Å². The van der Waals surface area contributed by atoms with Gasteiger partial charge in [-0.3, -0.25) is 9.48 Å². The van der Waals surface area contributed by atoms with Crippen LogP contribution in [0.5, 0.6) is 0 Å². The van der Waals surface area contributed by atoms with Crippen LogP contribution < -0.4 is 5.32 Å². The van der Waals surface area contributed by atoms with E-state index in [1.165, 1.54) is 13.3 Å². The van der Waals surface area contributed by atoms with Gasteiger partial charge in [0.15, 0.2) is 6.10 Å². The summed E-state index contributed by atoms with van der Waals surface area (Å²) in [5.74, 6) is -0.677. The number of aryl methyl sites for hydroxylation is 2. The number of amides is 1. The van der Waals surface area contributed by atoms with Crippen LogP contribution >= 0.6 is 0 Å². The molecule has 0 unspecified atom stereocenters. The van der Waals surface area contributed by atoms with Crippen molar-refractivity contribution in [2.45, 2.75) is 26.9 Å². The number of anilines is 1. The van der Waals surface area contributed by atoms with Crippen molar-refractivity contribution in [1.29, 1.82) is 0 Å². The minimum Gasteiger partial charge on any atom is -0.449 e. The number of hydrogen-bond donors (Lipinski definition) is 1. The molecule has 3 rings (SSSR count). The van der Waals surface area contributed by atoms with Gasteiger partial charge in [0.2, 0.25) is 12.3 Å². The molecule has 1 aromatic carbocycles. The number of ether oxygens (including phenoxy) is 1. The first-order valence-electron chi connectivity index (χ1n) is 8.25. The smallest absolute Gasteiger partial charge is 0.338 e. The molecule has 9 heteroatoms. The fraction of sp³-hybridized carbons (Fsp3) is 0.278. The lowest BCUT2D eigenvalue weighted by Crippen LogP contribution is -2.30. The summed E-state index contributed by atoms with van der Waals surface area (Å²) < 4.78 is 12.0. The molecule has 0 saturated heterocycles. The first-order chi connectivity index (χ1) is 12.9. The summed E-state index contributed by atoms with van der Waals surface area (Å²) in [5, 5.41) is 14.4. The first-order valence-corrected chi connectivity index (χ1v) is 8.25. The molecule has 0 spiro atoms. The quantitative estimate of drug-likeness (QED) is 0.687. The van der Waals surface area contributed by atoms with E-state index in [0.29, 0.717) is 28.4 Å². The van der Waals surface area contributed by atoms with Crippen molar-refractivity contribution in [2.75, 3.05) is 5.32 Å². The Morgan fingerprint density at radius 2 is 1.93 bits per heavy atom. The minimum atomic E-state index is -0.966. The fourth-order valence-corrected chi connectivity index (χ4v) is 2.51. The number of esters is 1. The molecule has 1 amide bonds. The average molecular weight is 369 g/mol. The molecule has 1 atom stereocenters. The van der Waals surface area contributed by atoms with Gasteiger partial charge in [-0.15, -0.1) is 10.2 Å². The molecule has 9 nitrogen and oxygen atoms in total. The monoisotopic (exact) mass is 369 g/mol. The fourth-order valence-electron chi connectivity index (χ4n) is 2.51. The molecule has 2 aromatic heterocycles. The average Bonchev–Trinajstić information content (AvgIpc) is 3.26. The zero-order valence-corrected chi connectivity index (χ0v) is 15.4. The van der Waals surface area contributed by atoms with Gasteiger partial charge in [-0.2, -0.15) is 5.10 Å². The van der Waals surface area contributed by atoms with E-state index in [1.807, 2.05) is 6.92 Å². The van der Waals surface area contributed by atoms with Crippen LogP contribution in [0.2, 0.25) is 0 Å². The Kier molecular flexibility index (Phi) is 5.02. The third-order valence-corrected chi connectivity index (χ3v) is 4.14. The van der Waals surface area contributed by atoms with E-state index >= 15 is 0 Å². The Morgan fingerprint density at radius 3 is 2.48 bits per heavy atom. The second kappa shape index (κ2) is 7.40. The van der Waals surface area contributed by atoms with Crippen molar-refractivity contribution in [3.8, 4) is 11.5 Å². The summed E-state index contributed by atoms with van der Waals surface area (Å²) in [6, 6.07) is 6.47. The van der Waals surface area contributed by atoms with Crippen molar-refractivity contribution in [1.82, 2.24) is 20.0 Å². The third kappa shape index (κ3) is 3.86. The Balaban J connectivity index is 1.63. The van der Waals surface area contributed by atoms with E-state index in [1.54, 1.807) is 42.9 Å². The number of hydrogen-bond acceptors (Lipinski definition) is 7. The van der Waals surface area contributed by atoms with E-state index < -0.39 is 18.0 Å². The standard InChI is InChI=1S/C18H19N5O4/c1-10-15(11(2)23(4)22-10)20-16(24)12(3)27-18(25)14-7-5-13(6-8-14)17-21-19-9-26-17/h5-9,12H,1-4H3,(H,20,24)/t12-/m0/s1. The maximum absolute atomic E-state index is 12.3. The number of carbonyl (C=O) groups excluding carboxylic acids is 2. The van der Waals surface area contributed by atoms with Gasteiger partial charge in [-0.05, 0) is 45.0 Å². The van der Waals surface area contributed by atoms with Crippen LogP contribution in [0.3, 0.4) is 0 Å². The lowest BCUT2D eigenvalue weighted by molar-refractivity contribution is -0.123. The van der Waals surface area contributed by atoms with Gasteiger partial charge in [0.1, 0.15) is 0 Å². The van der Waals surface area contributed by atoms with Crippen LogP contribution in [-0.2, 0) is 16.6 Å². The zero-order valence-electron chi connectivity index (χ0n) is 15.4. The topological polar surface area (TPSA) is 112 Å². The highest BCUT2D eigenvalue weighted by molar-refractivity contribution is 5.98. The Labute approximate surface area is 155 Å². The maximum Gasteiger partial charge on any atom is 0.338 e. The highest BCUT2D eigenvalue weighted by Gasteiger charge is 2.21. The van der Waals surface area contributed by atoms with E-state index in [4.69, 9.17) is 9.15 Å². The van der Waals surface area contributed by atoms with E-state index in [0.717, 1.165) is 5.69 Å². The number of rotatable bonds is 5.